The molecule has 1 atom stereocenters. The van der Waals surface area contributed by atoms with E-state index in [0.29, 0.717) is 30.4 Å². The largest absolute Gasteiger partial charge is 0.341 e. The molecule has 2 amide bonds. The molecule has 160 valence electrons. The molecule has 0 bridgehead atoms. The highest BCUT2D eigenvalue weighted by atomic mass is 16.5. The summed E-state index contributed by atoms with van der Waals surface area (Å²) in [5.74, 6) is 1.02. The predicted octanol–water partition coefficient (Wildman–Crippen LogP) is 3.57. The number of amides is 2. The lowest BCUT2D eigenvalue weighted by Crippen LogP contribution is -2.49. The second-order valence-corrected chi connectivity index (χ2v) is 7.98. The fourth-order valence-electron chi connectivity index (χ4n) is 3.77. The number of hydrogen-bond donors (Lipinski definition) is 1. The van der Waals surface area contributed by atoms with Gasteiger partial charge in [-0.3, -0.25) is 9.59 Å². The summed E-state index contributed by atoms with van der Waals surface area (Å²) in [6.45, 7) is 4.95. The van der Waals surface area contributed by atoms with Gasteiger partial charge in [-0.1, -0.05) is 53.2 Å². The van der Waals surface area contributed by atoms with Crippen molar-refractivity contribution in [3.8, 4) is 11.4 Å². The standard InChI is InChI=1S/C24H26N4O3/c1-16-8-10-18(11-9-16)21-26-23(31-27-21)20-12-14-28(15-13-20)24(30)17(2)25-22(29)19-6-4-3-5-7-19/h3-11,17,20H,12-15H2,1-2H3,(H,25,29). The van der Waals surface area contributed by atoms with Crippen LogP contribution in [0.3, 0.4) is 0 Å². The molecule has 0 saturated carbocycles. The van der Waals surface area contributed by atoms with E-state index < -0.39 is 6.04 Å². The van der Waals surface area contributed by atoms with Crippen molar-refractivity contribution in [2.45, 2.75) is 38.6 Å². The number of likely N-dealkylation sites (tertiary alicyclic amines) is 1. The minimum atomic E-state index is -0.583. The summed E-state index contributed by atoms with van der Waals surface area (Å²) in [6.07, 6.45) is 1.50. The van der Waals surface area contributed by atoms with Gasteiger partial charge in [-0.15, -0.1) is 0 Å². The van der Waals surface area contributed by atoms with Crippen molar-refractivity contribution in [3.05, 3.63) is 71.6 Å². The topological polar surface area (TPSA) is 88.3 Å². The molecule has 3 aromatic rings. The number of nitrogens with one attached hydrogen (secondary N) is 1. The lowest BCUT2D eigenvalue weighted by atomic mass is 9.96. The molecule has 1 aliphatic heterocycles. The maximum absolute atomic E-state index is 12.8. The van der Waals surface area contributed by atoms with Crippen LogP contribution in [-0.2, 0) is 4.79 Å². The Hall–Kier alpha value is -3.48. The van der Waals surface area contributed by atoms with Crippen LogP contribution < -0.4 is 5.32 Å². The van der Waals surface area contributed by atoms with Crippen LogP contribution >= 0.6 is 0 Å². The smallest absolute Gasteiger partial charge is 0.251 e. The van der Waals surface area contributed by atoms with Crippen molar-refractivity contribution in [2.75, 3.05) is 13.1 Å². The van der Waals surface area contributed by atoms with Gasteiger partial charge >= 0.3 is 0 Å². The molecule has 0 radical (unpaired) electrons. The number of carbonyl (C=O) groups is 2. The molecule has 1 aliphatic rings. The van der Waals surface area contributed by atoms with Crippen LogP contribution in [0.4, 0.5) is 0 Å². The van der Waals surface area contributed by atoms with Crippen molar-refractivity contribution in [1.29, 1.82) is 0 Å². The first-order valence-electron chi connectivity index (χ1n) is 10.6. The van der Waals surface area contributed by atoms with Gasteiger partial charge in [0.15, 0.2) is 0 Å². The molecule has 1 unspecified atom stereocenters. The zero-order valence-electron chi connectivity index (χ0n) is 17.7. The van der Waals surface area contributed by atoms with E-state index in [4.69, 9.17) is 4.52 Å². The summed E-state index contributed by atoms with van der Waals surface area (Å²) in [7, 11) is 0. The van der Waals surface area contributed by atoms with Gasteiger partial charge in [0.05, 0.1) is 0 Å². The Bertz CT molecular complexity index is 1040. The Labute approximate surface area is 181 Å². The predicted molar refractivity (Wildman–Crippen MR) is 116 cm³/mol. The molecule has 1 saturated heterocycles. The lowest BCUT2D eigenvalue weighted by Gasteiger charge is -2.32. The third kappa shape index (κ3) is 4.82. The Morgan fingerprint density at radius 3 is 2.42 bits per heavy atom. The second kappa shape index (κ2) is 9.12. The van der Waals surface area contributed by atoms with Crippen LogP contribution in [0.1, 0.15) is 47.5 Å². The first kappa shape index (κ1) is 20.8. The third-order valence-electron chi connectivity index (χ3n) is 5.66. The van der Waals surface area contributed by atoms with E-state index in [0.717, 1.165) is 18.4 Å². The molecular formula is C24H26N4O3. The monoisotopic (exact) mass is 418 g/mol. The maximum Gasteiger partial charge on any atom is 0.251 e. The SMILES string of the molecule is Cc1ccc(-c2noc(C3CCN(C(=O)C(C)NC(=O)c4ccccc4)CC3)n2)cc1. The van der Waals surface area contributed by atoms with Gasteiger partial charge in [-0.2, -0.15) is 4.98 Å². The minimum Gasteiger partial charge on any atom is -0.341 e. The van der Waals surface area contributed by atoms with E-state index >= 15 is 0 Å². The van der Waals surface area contributed by atoms with Gasteiger partial charge in [-0.05, 0) is 38.8 Å². The number of aromatic nitrogens is 2. The van der Waals surface area contributed by atoms with Gasteiger partial charge in [-0.25, -0.2) is 0 Å². The molecule has 4 rings (SSSR count). The zero-order chi connectivity index (χ0) is 21.8. The summed E-state index contributed by atoms with van der Waals surface area (Å²) in [5, 5.41) is 6.91. The van der Waals surface area contributed by atoms with Crippen molar-refractivity contribution >= 4 is 11.8 Å². The highest BCUT2D eigenvalue weighted by molar-refractivity contribution is 5.97. The van der Waals surface area contributed by atoms with Crippen LogP contribution in [0.5, 0.6) is 0 Å². The minimum absolute atomic E-state index is 0.0754. The number of aryl methyl sites for hydroxylation is 1. The second-order valence-electron chi connectivity index (χ2n) is 7.98. The number of hydrogen-bond acceptors (Lipinski definition) is 5. The van der Waals surface area contributed by atoms with E-state index in [1.54, 1.807) is 36.1 Å². The fourth-order valence-corrected chi connectivity index (χ4v) is 3.77. The first-order valence-corrected chi connectivity index (χ1v) is 10.6. The number of nitrogens with zero attached hydrogens (tertiary/aromatic N) is 3. The Morgan fingerprint density at radius 1 is 1.06 bits per heavy atom. The molecule has 31 heavy (non-hydrogen) atoms. The summed E-state index contributed by atoms with van der Waals surface area (Å²) < 4.78 is 5.51. The lowest BCUT2D eigenvalue weighted by molar-refractivity contribution is -0.134. The van der Waals surface area contributed by atoms with Gasteiger partial charge < -0.3 is 14.7 Å². The molecule has 1 fully saturated rings. The van der Waals surface area contributed by atoms with Crippen LogP contribution in [-0.4, -0.2) is 46.0 Å². The van der Waals surface area contributed by atoms with E-state index in [9.17, 15) is 9.59 Å². The highest BCUT2D eigenvalue weighted by Crippen LogP contribution is 2.28. The zero-order valence-corrected chi connectivity index (χ0v) is 17.7. The van der Waals surface area contributed by atoms with Gasteiger partial charge in [0.25, 0.3) is 5.91 Å². The average molecular weight is 418 g/mol. The van der Waals surface area contributed by atoms with Crippen LogP contribution in [0.2, 0.25) is 0 Å². The number of piperidine rings is 1. The van der Waals surface area contributed by atoms with Crippen LogP contribution in [0.25, 0.3) is 11.4 Å². The molecule has 1 aromatic heterocycles. The summed E-state index contributed by atoms with van der Waals surface area (Å²) in [5.41, 5.74) is 2.65. The van der Waals surface area contributed by atoms with E-state index in [1.807, 2.05) is 37.3 Å². The molecule has 7 nitrogen and oxygen atoms in total. The Morgan fingerprint density at radius 2 is 1.74 bits per heavy atom. The highest BCUT2D eigenvalue weighted by Gasteiger charge is 2.30. The summed E-state index contributed by atoms with van der Waals surface area (Å²) >= 11 is 0. The van der Waals surface area contributed by atoms with Crippen LogP contribution in [0.15, 0.2) is 59.1 Å². The maximum atomic E-state index is 12.8. The van der Waals surface area contributed by atoms with Crippen molar-refractivity contribution in [1.82, 2.24) is 20.4 Å². The Kier molecular flexibility index (Phi) is 6.11. The average Bonchev–Trinajstić information content (AvgIpc) is 3.30. The molecule has 0 spiro atoms. The summed E-state index contributed by atoms with van der Waals surface area (Å²) in [4.78, 5) is 31.5. The molecule has 2 aromatic carbocycles. The normalized spacial score (nSPS) is 15.5. The fraction of sp³-hybridized carbons (Fsp3) is 0.333. The quantitative estimate of drug-likeness (QED) is 0.684. The van der Waals surface area contributed by atoms with Gasteiger partial charge in [0, 0.05) is 30.1 Å². The van der Waals surface area contributed by atoms with Crippen molar-refractivity contribution in [3.63, 3.8) is 0 Å². The number of carbonyl (C=O) groups excluding carboxylic acids is 2. The number of rotatable bonds is 5. The van der Waals surface area contributed by atoms with Crippen LogP contribution in [0, 0.1) is 6.92 Å². The van der Waals surface area contributed by atoms with Crippen molar-refractivity contribution < 1.29 is 14.1 Å². The molecule has 7 heteroatoms. The summed E-state index contributed by atoms with van der Waals surface area (Å²) in [6, 6.07) is 16.3. The Balaban J connectivity index is 1.31. The number of benzene rings is 2. The molecule has 2 heterocycles. The first-order chi connectivity index (χ1) is 15.0. The van der Waals surface area contributed by atoms with Gasteiger partial charge in [0.2, 0.25) is 17.6 Å². The molecule has 0 aliphatic carbocycles. The van der Waals surface area contributed by atoms with E-state index in [2.05, 4.69) is 15.5 Å². The third-order valence-corrected chi connectivity index (χ3v) is 5.66. The molecule has 1 N–H and O–H groups in total. The van der Waals surface area contributed by atoms with Gasteiger partial charge in [0.1, 0.15) is 6.04 Å². The van der Waals surface area contributed by atoms with Crippen molar-refractivity contribution in [2.24, 2.45) is 0 Å². The van der Waals surface area contributed by atoms with E-state index in [1.165, 1.54) is 5.56 Å². The van der Waals surface area contributed by atoms with E-state index in [-0.39, 0.29) is 17.7 Å². The molecular weight excluding hydrogens is 392 g/mol.